The van der Waals surface area contributed by atoms with Gasteiger partial charge in [0.1, 0.15) is 24.7 Å². The highest BCUT2D eigenvalue weighted by Gasteiger charge is 2.27. The quantitative estimate of drug-likeness (QED) is 0.542. The Morgan fingerprint density at radius 1 is 0.903 bits per heavy atom. The zero-order valence-corrected chi connectivity index (χ0v) is 18.1. The van der Waals surface area contributed by atoms with E-state index in [4.69, 9.17) is 14.2 Å². The maximum atomic E-state index is 6.03. The van der Waals surface area contributed by atoms with Crippen LogP contribution in [-0.4, -0.2) is 29.6 Å². The minimum absolute atomic E-state index is 0.412. The number of aromatic nitrogens is 1. The van der Waals surface area contributed by atoms with Crippen LogP contribution in [0.4, 0.5) is 0 Å². The van der Waals surface area contributed by atoms with Crippen molar-refractivity contribution in [1.82, 2.24) is 9.88 Å². The van der Waals surface area contributed by atoms with Gasteiger partial charge < -0.3 is 14.2 Å². The van der Waals surface area contributed by atoms with Crippen LogP contribution in [0, 0.1) is 13.8 Å². The molecule has 5 heteroatoms. The summed E-state index contributed by atoms with van der Waals surface area (Å²) in [6, 6.07) is 19.2. The maximum absolute atomic E-state index is 6.03. The summed E-state index contributed by atoms with van der Waals surface area (Å²) in [6.07, 6.45) is 2.38. The first-order chi connectivity index (χ1) is 15.1. The lowest BCUT2D eigenvalue weighted by atomic mass is 10.0. The molecule has 2 aliphatic heterocycles. The molecule has 0 spiro atoms. The van der Waals surface area contributed by atoms with Crippen molar-refractivity contribution in [2.24, 2.45) is 0 Å². The number of benzene rings is 2. The molecule has 2 aliphatic rings. The Kier molecular flexibility index (Phi) is 5.51. The molecule has 5 rings (SSSR count). The summed E-state index contributed by atoms with van der Waals surface area (Å²) in [7, 11) is 0. The van der Waals surface area contributed by atoms with Crippen molar-refractivity contribution in [3.05, 3.63) is 77.1 Å². The first kappa shape index (κ1) is 19.9. The number of fused-ring (bicyclic) bond motifs is 1. The number of pyridine rings is 1. The third-order valence-electron chi connectivity index (χ3n) is 5.91. The average molecular weight is 417 g/mol. The maximum Gasteiger partial charge on any atom is 0.161 e. The molecule has 0 radical (unpaired) electrons. The summed E-state index contributed by atoms with van der Waals surface area (Å²) >= 11 is 0. The summed E-state index contributed by atoms with van der Waals surface area (Å²) in [5, 5.41) is 0. The van der Waals surface area contributed by atoms with E-state index >= 15 is 0 Å². The Bertz CT molecular complexity index is 1040. The number of rotatable bonds is 5. The topological polar surface area (TPSA) is 43.8 Å². The third kappa shape index (κ3) is 4.52. The van der Waals surface area contributed by atoms with Gasteiger partial charge in [0.15, 0.2) is 11.5 Å². The minimum Gasteiger partial charge on any atom is -0.486 e. The van der Waals surface area contributed by atoms with Gasteiger partial charge in [-0.25, -0.2) is 0 Å². The molecule has 2 aromatic carbocycles. The largest absolute Gasteiger partial charge is 0.486 e. The van der Waals surface area contributed by atoms with Gasteiger partial charge in [0.05, 0.1) is 0 Å². The molecular weight excluding hydrogens is 388 g/mol. The third-order valence-corrected chi connectivity index (χ3v) is 5.91. The number of aryl methyl sites for hydroxylation is 2. The fraction of sp³-hybridized carbons (Fsp3) is 0.346. The van der Waals surface area contributed by atoms with Crippen LogP contribution >= 0.6 is 0 Å². The highest BCUT2D eigenvalue weighted by molar-refractivity contribution is 5.45. The summed E-state index contributed by atoms with van der Waals surface area (Å²) in [4.78, 5) is 6.96. The Labute approximate surface area is 183 Å². The monoisotopic (exact) mass is 416 g/mol. The molecule has 5 nitrogen and oxygen atoms in total. The lowest BCUT2D eigenvalue weighted by Gasteiger charge is -2.26. The molecule has 160 valence electrons. The van der Waals surface area contributed by atoms with Gasteiger partial charge in [-0.05, 0) is 68.6 Å². The van der Waals surface area contributed by atoms with Crippen LogP contribution < -0.4 is 14.2 Å². The van der Waals surface area contributed by atoms with Gasteiger partial charge in [0, 0.05) is 36.1 Å². The van der Waals surface area contributed by atoms with E-state index < -0.39 is 0 Å². The molecule has 3 aromatic rings. The van der Waals surface area contributed by atoms with Crippen molar-refractivity contribution in [2.45, 2.75) is 39.3 Å². The molecule has 1 saturated heterocycles. The van der Waals surface area contributed by atoms with E-state index in [1.807, 2.05) is 26.0 Å². The highest BCUT2D eigenvalue weighted by Crippen LogP contribution is 2.38. The molecule has 31 heavy (non-hydrogen) atoms. The highest BCUT2D eigenvalue weighted by atomic mass is 16.6. The van der Waals surface area contributed by atoms with Crippen molar-refractivity contribution < 1.29 is 14.2 Å². The fourth-order valence-corrected chi connectivity index (χ4v) is 4.55. The zero-order chi connectivity index (χ0) is 21.2. The van der Waals surface area contributed by atoms with E-state index in [2.05, 4.69) is 52.3 Å². The van der Waals surface area contributed by atoms with E-state index in [1.165, 1.54) is 24.0 Å². The van der Waals surface area contributed by atoms with Gasteiger partial charge in [0.2, 0.25) is 0 Å². The van der Waals surface area contributed by atoms with E-state index in [0.29, 0.717) is 19.3 Å². The molecule has 1 aromatic heterocycles. The number of hydrogen-bond donors (Lipinski definition) is 0. The smallest absolute Gasteiger partial charge is 0.161 e. The molecule has 1 fully saturated rings. The van der Waals surface area contributed by atoms with Crippen LogP contribution in [0.5, 0.6) is 23.0 Å². The summed E-state index contributed by atoms with van der Waals surface area (Å²) in [5.74, 6) is 3.41. The molecule has 0 amide bonds. The Hall–Kier alpha value is -3.05. The molecular formula is C26H28N2O3. The van der Waals surface area contributed by atoms with E-state index in [0.717, 1.165) is 47.5 Å². The van der Waals surface area contributed by atoms with Crippen molar-refractivity contribution in [1.29, 1.82) is 0 Å². The van der Waals surface area contributed by atoms with Crippen LogP contribution in [-0.2, 0) is 6.54 Å². The lowest BCUT2D eigenvalue weighted by molar-refractivity contribution is 0.170. The normalized spacial score (nSPS) is 18.2. The van der Waals surface area contributed by atoms with E-state index in [-0.39, 0.29) is 0 Å². The van der Waals surface area contributed by atoms with Crippen LogP contribution in [0.3, 0.4) is 0 Å². The predicted octanol–water partition coefficient (Wildman–Crippen LogP) is 5.60. The second-order valence-electron chi connectivity index (χ2n) is 8.36. The molecule has 0 bridgehead atoms. The summed E-state index contributed by atoms with van der Waals surface area (Å²) in [5.41, 5.74) is 4.53. The van der Waals surface area contributed by atoms with Gasteiger partial charge in [-0.15, -0.1) is 0 Å². The lowest BCUT2D eigenvalue weighted by Crippen LogP contribution is -2.23. The van der Waals surface area contributed by atoms with Crippen molar-refractivity contribution in [2.75, 3.05) is 19.8 Å². The zero-order valence-electron chi connectivity index (χ0n) is 18.1. The number of nitrogens with zero attached hydrogens (tertiary/aromatic N) is 2. The Balaban J connectivity index is 1.27. The predicted molar refractivity (Wildman–Crippen MR) is 120 cm³/mol. The summed E-state index contributed by atoms with van der Waals surface area (Å²) in [6.45, 7) is 7.24. The van der Waals surface area contributed by atoms with E-state index in [1.54, 1.807) is 0 Å². The molecule has 0 saturated carbocycles. The van der Waals surface area contributed by atoms with Crippen LogP contribution in [0.15, 0.2) is 54.6 Å². The van der Waals surface area contributed by atoms with Gasteiger partial charge in [-0.3, -0.25) is 9.88 Å². The van der Waals surface area contributed by atoms with Crippen LogP contribution in [0.1, 0.15) is 41.4 Å². The second kappa shape index (κ2) is 8.60. The number of likely N-dealkylation sites (tertiary alicyclic amines) is 1. The van der Waals surface area contributed by atoms with Crippen molar-refractivity contribution >= 4 is 0 Å². The SMILES string of the molecule is Cc1cc(Oc2ccc(CN3CCC[C@@H]3c3ccc4c(c3)OCCO4)cc2)cc(C)n1. The van der Waals surface area contributed by atoms with Crippen LogP contribution in [0.25, 0.3) is 0 Å². The number of hydrogen-bond acceptors (Lipinski definition) is 5. The van der Waals surface area contributed by atoms with Gasteiger partial charge in [-0.1, -0.05) is 18.2 Å². The molecule has 3 heterocycles. The number of ether oxygens (including phenoxy) is 3. The minimum atomic E-state index is 0.412. The van der Waals surface area contributed by atoms with Crippen molar-refractivity contribution in [3.8, 4) is 23.0 Å². The molecule has 1 atom stereocenters. The fourth-order valence-electron chi connectivity index (χ4n) is 4.55. The van der Waals surface area contributed by atoms with Gasteiger partial charge in [0.25, 0.3) is 0 Å². The molecule has 0 unspecified atom stereocenters. The van der Waals surface area contributed by atoms with Gasteiger partial charge >= 0.3 is 0 Å². The summed E-state index contributed by atoms with van der Waals surface area (Å²) < 4.78 is 17.5. The average Bonchev–Trinajstić information content (AvgIpc) is 3.22. The van der Waals surface area contributed by atoms with Crippen LogP contribution in [0.2, 0.25) is 0 Å². The Morgan fingerprint density at radius 2 is 1.65 bits per heavy atom. The second-order valence-corrected chi connectivity index (χ2v) is 8.36. The standard InChI is InChI=1S/C26H28N2O3/c1-18-14-23(15-19(2)27-18)31-22-8-5-20(6-9-22)17-28-11-3-4-24(28)21-7-10-25-26(16-21)30-13-12-29-25/h5-10,14-16,24H,3-4,11-13,17H2,1-2H3/t24-/m1/s1. The van der Waals surface area contributed by atoms with Crippen molar-refractivity contribution in [3.63, 3.8) is 0 Å². The molecule has 0 aliphatic carbocycles. The Morgan fingerprint density at radius 3 is 2.42 bits per heavy atom. The van der Waals surface area contributed by atoms with Gasteiger partial charge in [-0.2, -0.15) is 0 Å². The van der Waals surface area contributed by atoms with E-state index in [9.17, 15) is 0 Å². The first-order valence-corrected chi connectivity index (χ1v) is 11.0. The first-order valence-electron chi connectivity index (χ1n) is 11.0. The molecule has 0 N–H and O–H groups in total.